The molecule has 162 valence electrons. The van der Waals surface area contributed by atoms with Gasteiger partial charge in [0.25, 0.3) is 0 Å². The number of hydrogen-bond donors (Lipinski definition) is 2. The van der Waals surface area contributed by atoms with E-state index in [1.165, 1.54) is 13.2 Å². The Hall–Kier alpha value is -2.87. The molecule has 0 aliphatic heterocycles. The summed E-state index contributed by atoms with van der Waals surface area (Å²) >= 11 is 6.00. The third-order valence-electron chi connectivity index (χ3n) is 4.60. The third kappa shape index (κ3) is 6.07. The third-order valence-corrected chi connectivity index (χ3v) is 6.33. The minimum absolute atomic E-state index is 0.0244. The molecule has 6 nitrogen and oxygen atoms in total. The number of anilines is 1. The van der Waals surface area contributed by atoms with Crippen LogP contribution in [-0.4, -0.2) is 27.5 Å². The quantitative estimate of drug-likeness (QED) is 0.530. The van der Waals surface area contributed by atoms with Crippen molar-refractivity contribution >= 4 is 33.2 Å². The van der Waals surface area contributed by atoms with Crippen LogP contribution in [0, 0.1) is 6.92 Å². The molecule has 1 unspecified atom stereocenters. The van der Waals surface area contributed by atoms with E-state index in [2.05, 4.69) is 10.0 Å². The smallest absolute Gasteiger partial charge is 0.245 e. The number of carbonyl (C=O) groups is 1. The summed E-state index contributed by atoms with van der Waals surface area (Å²) in [5, 5.41) is 3.20. The molecular weight excluding hydrogens is 436 g/mol. The van der Waals surface area contributed by atoms with Gasteiger partial charge in [-0.1, -0.05) is 54.1 Å². The van der Waals surface area contributed by atoms with Gasteiger partial charge in [-0.15, -0.1) is 0 Å². The van der Waals surface area contributed by atoms with Gasteiger partial charge < -0.3 is 10.1 Å². The summed E-state index contributed by atoms with van der Waals surface area (Å²) in [5.74, 6) is -0.298. The molecule has 0 fully saturated rings. The SMILES string of the molecule is COc1ccc(C)cc1S(=O)(=O)NC(Cc1ccccc1)C(=O)Nc1cccc(Cl)c1. The molecule has 0 spiro atoms. The molecule has 8 heteroatoms. The monoisotopic (exact) mass is 458 g/mol. The van der Waals surface area contributed by atoms with Crippen LogP contribution in [0.2, 0.25) is 5.02 Å². The lowest BCUT2D eigenvalue weighted by Crippen LogP contribution is -2.45. The number of amides is 1. The molecule has 1 atom stereocenters. The molecule has 0 aromatic heterocycles. The molecule has 3 aromatic rings. The lowest BCUT2D eigenvalue weighted by Gasteiger charge is -2.20. The van der Waals surface area contributed by atoms with E-state index in [9.17, 15) is 13.2 Å². The summed E-state index contributed by atoms with van der Waals surface area (Å²) in [4.78, 5) is 13.0. The Balaban J connectivity index is 1.92. The summed E-state index contributed by atoms with van der Waals surface area (Å²) in [6.45, 7) is 1.78. The average molecular weight is 459 g/mol. The van der Waals surface area contributed by atoms with Crippen molar-refractivity contribution in [2.45, 2.75) is 24.3 Å². The van der Waals surface area contributed by atoms with E-state index in [0.717, 1.165) is 11.1 Å². The summed E-state index contributed by atoms with van der Waals surface area (Å²) < 4.78 is 34.1. The zero-order valence-corrected chi connectivity index (χ0v) is 18.7. The molecule has 0 bridgehead atoms. The second kappa shape index (κ2) is 9.96. The maximum absolute atomic E-state index is 13.2. The van der Waals surface area contributed by atoms with Gasteiger partial charge in [-0.05, 0) is 54.8 Å². The number of ether oxygens (including phenoxy) is 1. The first-order valence-electron chi connectivity index (χ1n) is 9.56. The number of hydrogen-bond acceptors (Lipinski definition) is 4. The summed E-state index contributed by atoms with van der Waals surface area (Å²) in [7, 11) is -2.65. The molecule has 0 heterocycles. The van der Waals surface area contributed by atoms with Gasteiger partial charge in [0.2, 0.25) is 15.9 Å². The largest absolute Gasteiger partial charge is 0.495 e. The van der Waals surface area contributed by atoms with Gasteiger partial charge in [0.15, 0.2) is 0 Å². The van der Waals surface area contributed by atoms with Crippen LogP contribution in [0.3, 0.4) is 0 Å². The number of sulfonamides is 1. The highest BCUT2D eigenvalue weighted by Gasteiger charge is 2.28. The zero-order valence-electron chi connectivity index (χ0n) is 17.1. The lowest BCUT2D eigenvalue weighted by atomic mass is 10.1. The van der Waals surface area contributed by atoms with Crippen molar-refractivity contribution in [1.82, 2.24) is 4.72 Å². The fourth-order valence-corrected chi connectivity index (χ4v) is 4.72. The highest BCUT2D eigenvalue weighted by Crippen LogP contribution is 2.25. The van der Waals surface area contributed by atoms with Crippen LogP contribution < -0.4 is 14.8 Å². The molecule has 3 rings (SSSR count). The molecule has 3 aromatic carbocycles. The van der Waals surface area contributed by atoms with Crippen molar-refractivity contribution in [1.29, 1.82) is 0 Å². The van der Waals surface area contributed by atoms with Crippen LogP contribution in [0.15, 0.2) is 77.7 Å². The van der Waals surface area contributed by atoms with Crippen LogP contribution in [0.4, 0.5) is 5.69 Å². The van der Waals surface area contributed by atoms with Crippen molar-refractivity contribution in [3.05, 3.63) is 88.9 Å². The minimum Gasteiger partial charge on any atom is -0.495 e. The van der Waals surface area contributed by atoms with Gasteiger partial charge in [0.05, 0.1) is 7.11 Å². The predicted molar refractivity (Wildman–Crippen MR) is 122 cm³/mol. The van der Waals surface area contributed by atoms with Crippen LogP contribution in [-0.2, 0) is 21.2 Å². The van der Waals surface area contributed by atoms with Crippen molar-refractivity contribution in [3.8, 4) is 5.75 Å². The first-order valence-corrected chi connectivity index (χ1v) is 11.4. The Morgan fingerprint density at radius 3 is 2.45 bits per heavy atom. The van der Waals surface area contributed by atoms with Gasteiger partial charge in [0, 0.05) is 10.7 Å². The molecule has 2 N–H and O–H groups in total. The first-order chi connectivity index (χ1) is 14.8. The van der Waals surface area contributed by atoms with E-state index in [-0.39, 0.29) is 17.1 Å². The number of methoxy groups -OCH3 is 1. The molecule has 0 radical (unpaired) electrons. The topological polar surface area (TPSA) is 84.5 Å². The van der Waals surface area contributed by atoms with E-state index in [0.29, 0.717) is 10.7 Å². The molecular formula is C23H23ClN2O4S. The molecule has 0 saturated heterocycles. The second-order valence-electron chi connectivity index (χ2n) is 7.02. The van der Waals surface area contributed by atoms with Gasteiger partial charge >= 0.3 is 0 Å². The van der Waals surface area contributed by atoms with E-state index < -0.39 is 22.0 Å². The average Bonchev–Trinajstić information content (AvgIpc) is 2.74. The highest BCUT2D eigenvalue weighted by molar-refractivity contribution is 7.89. The predicted octanol–water partition coefficient (Wildman–Crippen LogP) is 4.19. The Bertz CT molecular complexity index is 1170. The van der Waals surface area contributed by atoms with Crippen LogP contribution in [0.5, 0.6) is 5.75 Å². The van der Waals surface area contributed by atoms with Gasteiger partial charge in [-0.2, -0.15) is 4.72 Å². The summed E-state index contributed by atoms with van der Waals surface area (Å²) in [5.41, 5.74) is 2.04. The molecule has 31 heavy (non-hydrogen) atoms. The van der Waals surface area contributed by atoms with E-state index in [1.54, 1.807) is 43.3 Å². The number of aryl methyl sites for hydroxylation is 1. The Morgan fingerprint density at radius 1 is 1.03 bits per heavy atom. The Labute approximate surface area is 187 Å². The maximum atomic E-state index is 13.2. The van der Waals surface area contributed by atoms with E-state index >= 15 is 0 Å². The maximum Gasteiger partial charge on any atom is 0.245 e. The summed E-state index contributed by atoms with van der Waals surface area (Å²) in [6.07, 6.45) is 0.167. The fraction of sp³-hybridized carbons (Fsp3) is 0.174. The van der Waals surface area contributed by atoms with Crippen molar-refractivity contribution in [2.75, 3.05) is 12.4 Å². The summed E-state index contributed by atoms with van der Waals surface area (Å²) in [6, 6.07) is 19.6. The Morgan fingerprint density at radius 2 is 1.77 bits per heavy atom. The standard InChI is InChI=1S/C23H23ClN2O4S/c1-16-11-12-21(30-2)22(13-16)31(28,29)26-20(14-17-7-4-3-5-8-17)23(27)25-19-10-6-9-18(24)15-19/h3-13,15,20,26H,14H2,1-2H3,(H,25,27). The Kier molecular flexibility index (Phi) is 7.33. The van der Waals surface area contributed by atoms with E-state index in [4.69, 9.17) is 16.3 Å². The van der Waals surface area contributed by atoms with Crippen molar-refractivity contribution < 1.29 is 17.9 Å². The normalized spacial score (nSPS) is 12.2. The van der Waals surface area contributed by atoms with E-state index in [1.807, 2.05) is 30.3 Å². The van der Waals surface area contributed by atoms with Crippen LogP contribution >= 0.6 is 11.6 Å². The number of benzene rings is 3. The van der Waals surface area contributed by atoms with Gasteiger partial charge in [0.1, 0.15) is 16.7 Å². The molecule has 0 aliphatic rings. The molecule has 0 saturated carbocycles. The minimum atomic E-state index is -4.05. The molecule has 1 amide bonds. The second-order valence-corrected chi connectivity index (χ2v) is 9.14. The van der Waals surface area contributed by atoms with Crippen LogP contribution in [0.1, 0.15) is 11.1 Å². The van der Waals surface area contributed by atoms with Crippen molar-refractivity contribution in [2.24, 2.45) is 0 Å². The fourth-order valence-electron chi connectivity index (χ4n) is 3.08. The lowest BCUT2D eigenvalue weighted by molar-refractivity contribution is -0.117. The van der Waals surface area contributed by atoms with Gasteiger partial charge in [-0.25, -0.2) is 8.42 Å². The number of halogens is 1. The zero-order chi connectivity index (χ0) is 22.4. The van der Waals surface area contributed by atoms with Crippen molar-refractivity contribution in [3.63, 3.8) is 0 Å². The van der Waals surface area contributed by atoms with Gasteiger partial charge in [-0.3, -0.25) is 4.79 Å². The number of nitrogens with one attached hydrogen (secondary N) is 2. The molecule has 0 aliphatic carbocycles. The number of carbonyl (C=O) groups excluding carboxylic acids is 1. The van der Waals surface area contributed by atoms with Crippen LogP contribution in [0.25, 0.3) is 0 Å². The highest BCUT2D eigenvalue weighted by atomic mass is 35.5. The number of rotatable bonds is 8. The first kappa shape index (κ1) is 22.8.